The van der Waals surface area contributed by atoms with Gasteiger partial charge in [-0.15, -0.1) is 11.6 Å². The first-order chi connectivity index (χ1) is 8.14. The molecule has 1 aromatic rings. The summed E-state index contributed by atoms with van der Waals surface area (Å²) in [6, 6.07) is 10.6. The van der Waals surface area contributed by atoms with E-state index in [1.54, 1.807) is 0 Å². The average Bonchev–Trinajstić information content (AvgIpc) is 2.34. The first kappa shape index (κ1) is 14.3. The molecule has 0 aromatic heterocycles. The number of halogens is 1. The summed E-state index contributed by atoms with van der Waals surface area (Å²) >= 11 is 5.58. The minimum atomic E-state index is 0.159. The molecule has 0 radical (unpaired) electrons. The van der Waals surface area contributed by atoms with Crippen molar-refractivity contribution in [2.45, 2.75) is 32.2 Å². The monoisotopic (exact) mass is 251 g/mol. The highest BCUT2D eigenvalue weighted by atomic mass is 35.5. The summed E-state index contributed by atoms with van der Waals surface area (Å²) in [5.74, 6) is 0.589. The Morgan fingerprint density at radius 1 is 1.18 bits per heavy atom. The van der Waals surface area contributed by atoms with Gasteiger partial charge >= 0.3 is 0 Å². The van der Waals surface area contributed by atoms with Crippen LogP contribution in [0.5, 0.6) is 0 Å². The fourth-order valence-electron chi connectivity index (χ4n) is 1.67. The summed E-state index contributed by atoms with van der Waals surface area (Å²) in [6.45, 7) is 5.36. The number of hydrogen-bond donors (Lipinski definition) is 1. The number of benzene rings is 1. The summed E-state index contributed by atoms with van der Waals surface area (Å²) in [5, 5.41) is 3.52. The van der Waals surface area contributed by atoms with E-state index < -0.39 is 0 Å². The molecular formula is C15H22ClN. The molecule has 0 bridgehead atoms. The molecule has 94 valence electrons. The molecule has 2 heteroatoms. The van der Waals surface area contributed by atoms with Gasteiger partial charge in [-0.1, -0.05) is 42.5 Å². The number of alkyl halides is 1. The SMILES string of the molecule is CC(C)(CCc1ccccc1)NC/C=C/CCl. The summed E-state index contributed by atoms with van der Waals surface area (Å²) < 4.78 is 0. The first-order valence-electron chi connectivity index (χ1n) is 6.14. The average molecular weight is 252 g/mol. The van der Waals surface area contributed by atoms with Crippen LogP contribution in [0.25, 0.3) is 0 Å². The van der Waals surface area contributed by atoms with Crippen LogP contribution in [-0.4, -0.2) is 18.0 Å². The Bertz CT molecular complexity index is 330. The van der Waals surface area contributed by atoms with Crippen LogP contribution in [0.4, 0.5) is 0 Å². The van der Waals surface area contributed by atoms with Gasteiger partial charge in [0.05, 0.1) is 0 Å². The molecule has 0 aliphatic heterocycles. The van der Waals surface area contributed by atoms with Gasteiger partial charge in [-0.2, -0.15) is 0 Å². The van der Waals surface area contributed by atoms with E-state index in [0.717, 1.165) is 19.4 Å². The summed E-state index contributed by atoms with van der Waals surface area (Å²) in [4.78, 5) is 0. The molecule has 1 N–H and O–H groups in total. The summed E-state index contributed by atoms with van der Waals surface area (Å²) in [5.41, 5.74) is 1.56. The quantitative estimate of drug-likeness (QED) is 0.575. The van der Waals surface area contributed by atoms with E-state index in [2.05, 4.69) is 55.6 Å². The smallest absolute Gasteiger partial charge is 0.0404 e. The number of aryl methyl sites for hydroxylation is 1. The maximum absolute atomic E-state index is 5.58. The second-order valence-corrected chi connectivity index (χ2v) is 5.18. The van der Waals surface area contributed by atoms with E-state index in [1.165, 1.54) is 5.56 Å². The lowest BCUT2D eigenvalue weighted by atomic mass is 9.95. The third-order valence-corrected chi connectivity index (χ3v) is 3.01. The largest absolute Gasteiger partial charge is 0.308 e. The highest BCUT2D eigenvalue weighted by Crippen LogP contribution is 2.13. The Labute approximate surface area is 110 Å². The topological polar surface area (TPSA) is 12.0 Å². The summed E-state index contributed by atoms with van der Waals surface area (Å²) in [6.07, 6.45) is 6.30. The molecule has 0 aliphatic carbocycles. The molecule has 0 atom stereocenters. The van der Waals surface area contributed by atoms with Crippen LogP contribution in [0.3, 0.4) is 0 Å². The van der Waals surface area contributed by atoms with Crippen molar-refractivity contribution in [3.8, 4) is 0 Å². The van der Waals surface area contributed by atoms with Crippen molar-refractivity contribution in [3.63, 3.8) is 0 Å². The van der Waals surface area contributed by atoms with Crippen LogP contribution in [0.2, 0.25) is 0 Å². The summed E-state index contributed by atoms with van der Waals surface area (Å²) in [7, 11) is 0. The van der Waals surface area contributed by atoms with Crippen molar-refractivity contribution in [3.05, 3.63) is 48.0 Å². The second kappa shape index (κ2) is 7.52. The number of nitrogens with one attached hydrogen (secondary N) is 1. The molecular weight excluding hydrogens is 230 g/mol. The fourth-order valence-corrected chi connectivity index (χ4v) is 1.80. The van der Waals surface area contributed by atoms with Crippen molar-refractivity contribution in [2.24, 2.45) is 0 Å². The van der Waals surface area contributed by atoms with Gasteiger partial charge in [0.15, 0.2) is 0 Å². The van der Waals surface area contributed by atoms with E-state index in [9.17, 15) is 0 Å². The van der Waals surface area contributed by atoms with Gasteiger partial charge < -0.3 is 5.32 Å². The zero-order chi connectivity index (χ0) is 12.6. The zero-order valence-electron chi connectivity index (χ0n) is 10.7. The lowest BCUT2D eigenvalue weighted by molar-refractivity contribution is 0.379. The van der Waals surface area contributed by atoms with Crippen molar-refractivity contribution in [1.29, 1.82) is 0 Å². The van der Waals surface area contributed by atoms with Gasteiger partial charge in [0.1, 0.15) is 0 Å². The molecule has 0 amide bonds. The Morgan fingerprint density at radius 3 is 2.53 bits per heavy atom. The molecule has 1 nitrogen and oxygen atoms in total. The Balaban J connectivity index is 2.31. The zero-order valence-corrected chi connectivity index (χ0v) is 11.5. The number of allylic oxidation sites excluding steroid dienone is 1. The second-order valence-electron chi connectivity index (χ2n) is 4.88. The molecule has 0 unspecified atom stereocenters. The van der Waals surface area contributed by atoms with Crippen molar-refractivity contribution in [1.82, 2.24) is 5.32 Å². The third-order valence-electron chi connectivity index (χ3n) is 2.84. The third kappa shape index (κ3) is 6.50. The number of hydrogen-bond acceptors (Lipinski definition) is 1. The molecule has 0 saturated heterocycles. The van der Waals surface area contributed by atoms with E-state index in [4.69, 9.17) is 11.6 Å². The molecule has 0 aliphatic rings. The van der Waals surface area contributed by atoms with Gasteiger partial charge in [0.2, 0.25) is 0 Å². The molecule has 0 spiro atoms. The minimum absolute atomic E-state index is 0.159. The van der Waals surface area contributed by atoms with Crippen LogP contribution >= 0.6 is 11.6 Å². The van der Waals surface area contributed by atoms with Crippen LogP contribution < -0.4 is 5.32 Å². The van der Waals surface area contributed by atoms with E-state index in [1.807, 2.05) is 6.08 Å². The van der Waals surface area contributed by atoms with E-state index >= 15 is 0 Å². The highest BCUT2D eigenvalue weighted by Gasteiger charge is 2.15. The fraction of sp³-hybridized carbons (Fsp3) is 0.467. The minimum Gasteiger partial charge on any atom is -0.308 e. The van der Waals surface area contributed by atoms with Gasteiger partial charge in [-0.3, -0.25) is 0 Å². The van der Waals surface area contributed by atoms with Gasteiger partial charge in [-0.25, -0.2) is 0 Å². The lowest BCUT2D eigenvalue weighted by Crippen LogP contribution is -2.39. The number of rotatable bonds is 7. The van der Waals surface area contributed by atoms with E-state index in [-0.39, 0.29) is 5.54 Å². The van der Waals surface area contributed by atoms with Gasteiger partial charge in [0, 0.05) is 18.0 Å². The molecule has 17 heavy (non-hydrogen) atoms. The van der Waals surface area contributed by atoms with Crippen molar-refractivity contribution < 1.29 is 0 Å². The standard InChI is InChI=1S/C15H22ClN/c1-15(2,17-13-7-6-12-16)11-10-14-8-4-3-5-9-14/h3-9,17H,10-13H2,1-2H3/b7-6+. The van der Waals surface area contributed by atoms with Crippen LogP contribution in [0.1, 0.15) is 25.8 Å². The first-order valence-corrected chi connectivity index (χ1v) is 6.67. The molecule has 0 fully saturated rings. The maximum atomic E-state index is 5.58. The van der Waals surface area contributed by atoms with Gasteiger partial charge in [0.25, 0.3) is 0 Å². The van der Waals surface area contributed by atoms with E-state index in [0.29, 0.717) is 5.88 Å². The molecule has 1 aromatic carbocycles. The predicted octanol–water partition coefficient (Wildman–Crippen LogP) is 3.78. The van der Waals surface area contributed by atoms with Crippen LogP contribution in [0.15, 0.2) is 42.5 Å². The molecule has 0 heterocycles. The predicted molar refractivity (Wildman–Crippen MR) is 76.7 cm³/mol. The van der Waals surface area contributed by atoms with Crippen molar-refractivity contribution in [2.75, 3.05) is 12.4 Å². The normalized spacial score (nSPS) is 12.2. The maximum Gasteiger partial charge on any atom is 0.0404 e. The van der Waals surface area contributed by atoms with Crippen LogP contribution in [0, 0.1) is 0 Å². The molecule has 1 rings (SSSR count). The Hall–Kier alpha value is -0.790. The van der Waals surface area contributed by atoms with Crippen molar-refractivity contribution >= 4 is 11.6 Å². The van der Waals surface area contributed by atoms with Crippen LogP contribution in [-0.2, 0) is 6.42 Å². The Morgan fingerprint density at radius 2 is 1.88 bits per heavy atom. The van der Waals surface area contributed by atoms with Gasteiger partial charge in [-0.05, 0) is 32.3 Å². The lowest BCUT2D eigenvalue weighted by Gasteiger charge is -2.25. The molecule has 0 saturated carbocycles. The highest BCUT2D eigenvalue weighted by molar-refractivity contribution is 6.18. The Kier molecular flexibility index (Phi) is 6.31.